The number of hydrogen-bond donors (Lipinski definition) is 2. The highest BCUT2D eigenvalue weighted by molar-refractivity contribution is 6.30. The van der Waals surface area contributed by atoms with Gasteiger partial charge in [-0.05, 0) is 48.9 Å². The summed E-state index contributed by atoms with van der Waals surface area (Å²) in [6, 6.07) is 22.7. The van der Waals surface area contributed by atoms with Crippen molar-refractivity contribution in [3.63, 3.8) is 0 Å². The van der Waals surface area contributed by atoms with Crippen LogP contribution in [0.2, 0.25) is 5.02 Å². The number of imidazole rings is 1. The Morgan fingerprint density at radius 3 is 2.21 bits per heavy atom. The zero-order chi connectivity index (χ0) is 19.5. The Bertz CT molecular complexity index is 1100. The van der Waals surface area contributed by atoms with Gasteiger partial charge in [-0.25, -0.2) is 4.98 Å². The lowest BCUT2D eigenvalue weighted by atomic mass is 10.1. The Morgan fingerprint density at radius 2 is 1.54 bits per heavy atom. The van der Waals surface area contributed by atoms with Gasteiger partial charge >= 0.3 is 0 Å². The van der Waals surface area contributed by atoms with E-state index >= 15 is 0 Å². The largest absolute Gasteiger partial charge is 0.338 e. The van der Waals surface area contributed by atoms with Crippen molar-refractivity contribution in [2.45, 2.75) is 6.92 Å². The molecule has 138 valence electrons. The molecule has 1 heterocycles. The van der Waals surface area contributed by atoms with Crippen molar-refractivity contribution in [3.05, 3.63) is 95.1 Å². The highest BCUT2D eigenvalue weighted by Crippen LogP contribution is 2.24. The van der Waals surface area contributed by atoms with E-state index in [4.69, 9.17) is 11.6 Å². The van der Waals surface area contributed by atoms with Crippen LogP contribution in [0, 0.1) is 6.92 Å². The summed E-state index contributed by atoms with van der Waals surface area (Å²) in [6.07, 6.45) is 1.82. The van der Waals surface area contributed by atoms with E-state index in [2.05, 4.69) is 34.3 Å². The van der Waals surface area contributed by atoms with Crippen LogP contribution >= 0.6 is 11.6 Å². The van der Waals surface area contributed by atoms with Crippen LogP contribution < -0.4 is 5.32 Å². The second-order valence-corrected chi connectivity index (χ2v) is 6.99. The van der Waals surface area contributed by atoms with E-state index in [9.17, 15) is 4.79 Å². The monoisotopic (exact) mass is 387 g/mol. The van der Waals surface area contributed by atoms with E-state index in [1.54, 1.807) is 24.3 Å². The lowest BCUT2D eigenvalue weighted by Crippen LogP contribution is -2.11. The molecule has 2 N–H and O–H groups in total. The van der Waals surface area contributed by atoms with Gasteiger partial charge in [0.1, 0.15) is 5.82 Å². The van der Waals surface area contributed by atoms with Crippen molar-refractivity contribution in [2.75, 3.05) is 5.32 Å². The molecule has 4 rings (SSSR count). The normalized spacial score (nSPS) is 10.6. The average Bonchev–Trinajstić information content (AvgIpc) is 3.20. The number of amides is 1. The summed E-state index contributed by atoms with van der Waals surface area (Å²) in [5, 5.41) is 3.49. The van der Waals surface area contributed by atoms with Crippen LogP contribution in [0.25, 0.3) is 22.6 Å². The highest BCUT2D eigenvalue weighted by Gasteiger charge is 2.08. The summed E-state index contributed by atoms with van der Waals surface area (Å²) in [5.74, 6) is 0.655. The topological polar surface area (TPSA) is 57.8 Å². The number of carbonyl (C=O) groups is 1. The Morgan fingerprint density at radius 1 is 0.893 bits per heavy atom. The summed E-state index contributed by atoms with van der Waals surface area (Å²) in [7, 11) is 0. The fourth-order valence-electron chi connectivity index (χ4n) is 2.86. The zero-order valence-electron chi connectivity index (χ0n) is 15.2. The van der Waals surface area contributed by atoms with Crippen LogP contribution in [0.3, 0.4) is 0 Å². The molecule has 0 spiro atoms. The number of H-pyrrole nitrogens is 1. The highest BCUT2D eigenvalue weighted by atomic mass is 35.5. The van der Waals surface area contributed by atoms with E-state index in [0.717, 1.165) is 28.3 Å². The Kier molecular flexibility index (Phi) is 4.96. The molecule has 0 saturated carbocycles. The van der Waals surface area contributed by atoms with E-state index in [1.807, 2.05) is 42.6 Å². The van der Waals surface area contributed by atoms with Gasteiger partial charge in [0, 0.05) is 21.8 Å². The molecule has 0 atom stereocenters. The van der Waals surface area contributed by atoms with Crippen molar-refractivity contribution in [2.24, 2.45) is 0 Å². The Labute approximate surface area is 168 Å². The number of nitrogens with one attached hydrogen (secondary N) is 2. The molecule has 0 saturated heterocycles. The summed E-state index contributed by atoms with van der Waals surface area (Å²) < 4.78 is 0. The lowest BCUT2D eigenvalue weighted by Gasteiger charge is -2.06. The number of aromatic nitrogens is 2. The number of nitrogens with zero attached hydrogens (tertiary/aromatic N) is 1. The summed E-state index contributed by atoms with van der Waals surface area (Å²) in [6.45, 7) is 2.06. The maximum atomic E-state index is 12.3. The van der Waals surface area contributed by atoms with Crippen LogP contribution in [0.15, 0.2) is 79.0 Å². The molecule has 3 aromatic carbocycles. The fraction of sp³-hybridized carbons (Fsp3) is 0.0435. The summed E-state index contributed by atoms with van der Waals surface area (Å²) in [5.41, 5.74) is 5.46. The number of aromatic amines is 1. The average molecular weight is 388 g/mol. The van der Waals surface area contributed by atoms with Crippen LogP contribution in [0.1, 0.15) is 15.9 Å². The second-order valence-electron chi connectivity index (χ2n) is 6.55. The van der Waals surface area contributed by atoms with Gasteiger partial charge in [0.2, 0.25) is 0 Å². The van der Waals surface area contributed by atoms with E-state index < -0.39 is 0 Å². The molecule has 5 heteroatoms. The number of halogens is 1. The first-order chi connectivity index (χ1) is 13.6. The molecule has 0 aliphatic heterocycles. The molecule has 4 nitrogen and oxygen atoms in total. The molecule has 0 aliphatic rings. The minimum Gasteiger partial charge on any atom is -0.338 e. The maximum Gasteiger partial charge on any atom is 0.255 e. The molecule has 0 fully saturated rings. The van der Waals surface area contributed by atoms with Crippen molar-refractivity contribution in [3.8, 4) is 22.6 Å². The van der Waals surface area contributed by atoms with Crippen molar-refractivity contribution < 1.29 is 4.79 Å². The molecular weight excluding hydrogens is 370 g/mol. The number of carbonyl (C=O) groups excluding carboxylic acids is 1. The van der Waals surface area contributed by atoms with Crippen LogP contribution in [0.5, 0.6) is 0 Å². The Balaban J connectivity index is 1.48. The van der Waals surface area contributed by atoms with Gasteiger partial charge in [-0.3, -0.25) is 4.79 Å². The second kappa shape index (κ2) is 7.71. The first kappa shape index (κ1) is 18.0. The first-order valence-corrected chi connectivity index (χ1v) is 9.26. The van der Waals surface area contributed by atoms with E-state index in [-0.39, 0.29) is 5.91 Å². The quantitative estimate of drug-likeness (QED) is 0.454. The third-order valence-electron chi connectivity index (χ3n) is 4.46. The number of rotatable bonds is 4. The smallest absolute Gasteiger partial charge is 0.255 e. The van der Waals surface area contributed by atoms with Gasteiger partial charge in [0.15, 0.2) is 0 Å². The van der Waals surface area contributed by atoms with Gasteiger partial charge in [-0.1, -0.05) is 53.6 Å². The predicted molar refractivity (Wildman–Crippen MR) is 114 cm³/mol. The molecule has 1 aromatic heterocycles. The molecule has 0 unspecified atom stereocenters. The maximum absolute atomic E-state index is 12.3. The van der Waals surface area contributed by atoms with Crippen molar-refractivity contribution >= 4 is 23.2 Å². The van der Waals surface area contributed by atoms with E-state index in [0.29, 0.717) is 10.6 Å². The van der Waals surface area contributed by atoms with Crippen LogP contribution in [-0.2, 0) is 0 Å². The minimum absolute atomic E-state index is 0.174. The first-order valence-electron chi connectivity index (χ1n) is 8.88. The van der Waals surface area contributed by atoms with Gasteiger partial charge in [0.25, 0.3) is 5.91 Å². The Hall–Kier alpha value is -3.37. The predicted octanol–water partition coefficient (Wildman–Crippen LogP) is 5.96. The minimum atomic E-state index is -0.174. The van der Waals surface area contributed by atoms with Crippen LogP contribution in [0.4, 0.5) is 5.69 Å². The third-order valence-corrected chi connectivity index (χ3v) is 4.71. The standard InChI is InChI=1S/C23H18ClN3O/c1-15-2-4-17(5-3-15)22-25-14-21(27-22)16-8-12-20(13-9-16)26-23(28)18-6-10-19(24)11-7-18/h2-14H,1H3,(H,25,27)(H,26,28). The molecule has 28 heavy (non-hydrogen) atoms. The molecular formula is C23H18ClN3O. The van der Waals surface area contributed by atoms with Gasteiger partial charge in [-0.2, -0.15) is 0 Å². The van der Waals surface area contributed by atoms with Gasteiger partial charge in [0.05, 0.1) is 11.9 Å². The number of hydrogen-bond acceptors (Lipinski definition) is 2. The summed E-state index contributed by atoms with van der Waals surface area (Å²) in [4.78, 5) is 20.1. The van der Waals surface area contributed by atoms with Crippen LogP contribution in [-0.4, -0.2) is 15.9 Å². The van der Waals surface area contributed by atoms with Crippen molar-refractivity contribution in [1.29, 1.82) is 0 Å². The number of aryl methyl sites for hydroxylation is 1. The molecule has 0 bridgehead atoms. The van der Waals surface area contributed by atoms with Crippen molar-refractivity contribution in [1.82, 2.24) is 9.97 Å². The van der Waals surface area contributed by atoms with E-state index in [1.165, 1.54) is 5.56 Å². The molecule has 1 amide bonds. The number of anilines is 1. The fourth-order valence-corrected chi connectivity index (χ4v) is 2.99. The lowest BCUT2D eigenvalue weighted by molar-refractivity contribution is 0.102. The zero-order valence-corrected chi connectivity index (χ0v) is 16.0. The SMILES string of the molecule is Cc1ccc(-c2ncc(-c3ccc(NC(=O)c4ccc(Cl)cc4)cc3)[nH]2)cc1. The third kappa shape index (κ3) is 3.97. The number of benzene rings is 3. The van der Waals surface area contributed by atoms with Gasteiger partial charge in [-0.15, -0.1) is 0 Å². The molecule has 4 aromatic rings. The summed E-state index contributed by atoms with van der Waals surface area (Å²) >= 11 is 5.86. The molecule has 0 radical (unpaired) electrons. The van der Waals surface area contributed by atoms with Gasteiger partial charge < -0.3 is 10.3 Å². The molecule has 0 aliphatic carbocycles.